The highest BCUT2D eigenvalue weighted by Gasteiger charge is 1.72. The van der Waals surface area contributed by atoms with Crippen LogP contribution in [0.5, 0.6) is 0 Å². The number of hydrogen-bond donors (Lipinski definition) is 2. The molecule has 0 amide bonds. The van der Waals surface area contributed by atoms with Crippen molar-refractivity contribution < 1.29 is 0 Å². The zero-order valence-corrected chi connectivity index (χ0v) is 5.46. The van der Waals surface area contributed by atoms with Crippen molar-refractivity contribution in [3.05, 3.63) is 24.2 Å². The van der Waals surface area contributed by atoms with Gasteiger partial charge < -0.3 is 11.5 Å². The molecule has 0 spiro atoms. The molecule has 0 aliphatic heterocycles. The molecule has 0 aromatic heterocycles. The van der Waals surface area contributed by atoms with Gasteiger partial charge in [-0.3, -0.25) is 4.99 Å². The van der Waals surface area contributed by atoms with Crippen molar-refractivity contribution in [3.8, 4) is 0 Å². The minimum absolute atomic E-state index is 0.424. The molecule has 0 aliphatic rings. The lowest BCUT2D eigenvalue weighted by molar-refractivity contribution is 1.27. The van der Waals surface area contributed by atoms with Gasteiger partial charge in [-0.1, -0.05) is 6.58 Å². The standard InChI is InChI=1S/C6H11N3/c1-5(7)3-9-4-6(2)8/h3-4H,1,7-8H2,2H3/b6-4+,9-3-. The van der Waals surface area contributed by atoms with Crippen LogP contribution in [0.2, 0.25) is 0 Å². The fourth-order valence-electron chi connectivity index (χ4n) is 0.251. The summed E-state index contributed by atoms with van der Waals surface area (Å²) in [6.07, 6.45) is 2.95. The van der Waals surface area contributed by atoms with Crippen LogP contribution in [-0.2, 0) is 0 Å². The molecule has 9 heavy (non-hydrogen) atoms. The predicted molar refractivity (Wildman–Crippen MR) is 39.8 cm³/mol. The topological polar surface area (TPSA) is 64.4 Å². The van der Waals surface area contributed by atoms with E-state index in [1.54, 1.807) is 6.92 Å². The molecule has 0 aliphatic carbocycles. The van der Waals surface area contributed by atoms with Gasteiger partial charge in [0.25, 0.3) is 0 Å². The number of allylic oxidation sites excluding steroid dienone is 2. The van der Waals surface area contributed by atoms with Crippen LogP contribution < -0.4 is 11.5 Å². The van der Waals surface area contributed by atoms with Gasteiger partial charge in [-0.15, -0.1) is 0 Å². The van der Waals surface area contributed by atoms with Gasteiger partial charge in [0.2, 0.25) is 0 Å². The minimum atomic E-state index is 0.424. The van der Waals surface area contributed by atoms with Gasteiger partial charge >= 0.3 is 0 Å². The fraction of sp³-hybridized carbons (Fsp3) is 0.167. The van der Waals surface area contributed by atoms with Crippen LogP contribution in [0.15, 0.2) is 29.2 Å². The normalized spacial score (nSPS) is 12.3. The predicted octanol–water partition coefficient (Wildman–Crippen LogP) is 0.350. The molecule has 0 saturated carbocycles. The molecule has 0 aromatic carbocycles. The third-order valence-electron chi connectivity index (χ3n) is 0.519. The number of hydrogen-bond acceptors (Lipinski definition) is 3. The second-order valence-electron chi connectivity index (χ2n) is 1.73. The van der Waals surface area contributed by atoms with Crippen LogP contribution in [0.3, 0.4) is 0 Å². The van der Waals surface area contributed by atoms with E-state index in [-0.39, 0.29) is 0 Å². The molecule has 0 radical (unpaired) electrons. The van der Waals surface area contributed by atoms with Crippen molar-refractivity contribution in [2.45, 2.75) is 6.92 Å². The van der Waals surface area contributed by atoms with E-state index in [1.165, 1.54) is 12.4 Å². The highest BCUT2D eigenvalue weighted by Crippen LogP contribution is 1.79. The first-order valence-electron chi connectivity index (χ1n) is 2.52. The molecule has 4 N–H and O–H groups in total. The molecule has 0 atom stereocenters. The maximum absolute atomic E-state index is 5.26. The van der Waals surface area contributed by atoms with E-state index in [0.717, 1.165) is 0 Å². The van der Waals surface area contributed by atoms with Gasteiger partial charge in [-0.2, -0.15) is 0 Å². The molecule has 3 nitrogen and oxygen atoms in total. The van der Waals surface area contributed by atoms with Gasteiger partial charge in [0, 0.05) is 23.8 Å². The Morgan fingerprint density at radius 2 is 2.11 bits per heavy atom. The number of nitrogens with zero attached hydrogens (tertiary/aromatic N) is 1. The lowest BCUT2D eigenvalue weighted by Crippen LogP contribution is -1.94. The highest BCUT2D eigenvalue weighted by atomic mass is 14.7. The maximum atomic E-state index is 5.26. The third kappa shape index (κ3) is 6.75. The number of rotatable bonds is 2. The quantitative estimate of drug-likeness (QED) is 0.523. The second-order valence-corrected chi connectivity index (χ2v) is 1.73. The zero-order valence-electron chi connectivity index (χ0n) is 5.46. The number of aliphatic imine (C=N–C) groups is 1. The van der Waals surface area contributed by atoms with Gasteiger partial charge in [-0.25, -0.2) is 0 Å². The van der Waals surface area contributed by atoms with Crippen LogP contribution in [0.4, 0.5) is 0 Å². The summed E-state index contributed by atoms with van der Waals surface area (Å²) in [6.45, 7) is 5.16. The molecule has 0 bridgehead atoms. The maximum Gasteiger partial charge on any atom is 0.0492 e. The Morgan fingerprint density at radius 1 is 1.56 bits per heavy atom. The van der Waals surface area contributed by atoms with Crippen LogP contribution in [0.1, 0.15) is 6.92 Å². The Bertz CT molecular complexity index is 152. The average Bonchev–Trinajstić information content (AvgIpc) is 1.63. The third-order valence-corrected chi connectivity index (χ3v) is 0.519. The van der Waals surface area contributed by atoms with Crippen molar-refractivity contribution in [1.29, 1.82) is 0 Å². The first-order valence-corrected chi connectivity index (χ1v) is 2.52. The molecule has 0 heterocycles. The summed E-state index contributed by atoms with van der Waals surface area (Å²) in [6, 6.07) is 0. The molecule has 3 heteroatoms. The van der Waals surface area contributed by atoms with Gasteiger partial charge in [-0.05, 0) is 6.92 Å². The summed E-state index contributed by atoms with van der Waals surface area (Å²) >= 11 is 0. The Labute approximate surface area is 54.8 Å². The highest BCUT2D eigenvalue weighted by molar-refractivity contribution is 5.76. The summed E-state index contributed by atoms with van der Waals surface area (Å²) in [5.74, 6) is 0. The SMILES string of the molecule is C=C(N)/C=N\C=C(/C)N. The first-order chi connectivity index (χ1) is 4.13. The molecule has 50 valence electrons. The summed E-state index contributed by atoms with van der Waals surface area (Å²) in [5, 5.41) is 0. The minimum Gasteiger partial charge on any atom is -0.401 e. The summed E-state index contributed by atoms with van der Waals surface area (Å²) in [4.78, 5) is 3.73. The van der Waals surface area contributed by atoms with E-state index >= 15 is 0 Å². The van der Waals surface area contributed by atoms with E-state index < -0.39 is 0 Å². The van der Waals surface area contributed by atoms with Crippen molar-refractivity contribution >= 4 is 6.21 Å². The van der Waals surface area contributed by atoms with Crippen molar-refractivity contribution in [3.63, 3.8) is 0 Å². The van der Waals surface area contributed by atoms with Gasteiger partial charge in [0.1, 0.15) is 0 Å². The lowest BCUT2D eigenvalue weighted by Gasteiger charge is -1.84. The summed E-state index contributed by atoms with van der Waals surface area (Å²) < 4.78 is 0. The monoisotopic (exact) mass is 125 g/mol. The lowest BCUT2D eigenvalue weighted by atomic mass is 10.5. The molecular weight excluding hydrogens is 114 g/mol. The largest absolute Gasteiger partial charge is 0.401 e. The summed E-state index contributed by atoms with van der Waals surface area (Å²) in [5.41, 5.74) is 11.5. The second kappa shape index (κ2) is 3.72. The fourth-order valence-corrected chi connectivity index (χ4v) is 0.251. The van der Waals surface area contributed by atoms with Crippen LogP contribution in [-0.4, -0.2) is 6.21 Å². The average molecular weight is 125 g/mol. The summed E-state index contributed by atoms with van der Waals surface area (Å²) in [7, 11) is 0. The Kier molecular flexibility index (Phi) is 3.20. The Balaban J connectivity index is 3.74. The molecule has 0 rings (SSSR count). The molecule has 0 aromatic rings. The number of nitrogens with two attached hydrogens (primary N) is 2. The first kappa shape index (κ1) is 7.75. The van der Waals surface area contributed by atoms with E-state index in [2.05, 4.69) is 11.6 Å². The van der Waals surface area contributed by atoms with E-state index in [9.17, 15) is 0 Å². The van der Waals surface area contributed by atoms with Crippen molar-refractivity contribution in [1.82, 2.24) is 0 Å². The van der Waals surface area contributed by atoms with Crippen LogP contribution in [0, 0.1) is 0 Å². The molecule has 0 unspecified atom stereocenters. The van der Waals surface area contributed by atoms with Crippen molar-refractivity contribution in [2.75, 3.05) is 0 Å². The smallest absolute Gasteiger partial charge is 0.0492 e. The van der Waals surface area contributed by atoms with E-state index in [4.69, 9.17) is 11.5 Å². The van der Waals surface area contributed by atoms with Crippen LogP contribution >= 0.6 is 0 Å². The molecular formula is C6H11N3. The molecule has 0 saturated heterocycles. The van der Waals surface area contributed by atoms with Crippen LogP contribution in [0.25, 0.3) is 0 Å². The van der Waals surface area contributed by atoms with Crippen molar-refractivity contribution in [2.24, 2.45) is 16.5 Å². The Hall–Kier alpha value is -1.25. The van der Waals surface area contributed by atoms with E-state index in [1.807, 2.05) is 0 Å². The van der Waals surface area contributed by atoms with Gasteiger partial charge in [0.05, 0.1) is 0 Å². The van der Waals surface area contributed by atoms with Gasteiger partial charge in [0.15, 0.2) is 0 Å². The molecule has 0 fully saturated rings. The van der Waals surface area contributed by atoms with E-state index in [0.29, 0.717) is 11.4 Å². The zero-order chi connectivity index (χ0) is 7.28. The Morgan fingerprint density at radius 3 is 2.44 bits per heavy atom.